The molecule has 0 saturated heterocycles. The van der Waals surface area contributed by atoms with E-state index in [1.807, 2.05) is 25.3 Å². The lowest BCUT2D eigenvalue weighted by molar-refractivity contribution is 0.0932. The van der Waals surface area contributed by atoms with E-state index in [1.54, 1.807) is 35.4 Å². The van der Waals surface area contributed by atoms with Gasteiger partial charge in [-0.15, -0.1) is 0 Å². The quantitative estimate of drug-likeness (QED) is 0.580. The van der Waals surface area contributed by atoms with Crippen molar-refractivity contribution in [2.75, 3.05) is 0 Å². The summed E-state index contributed by atoms with van der Waals surface area (Å²) in [6, 6.07) is 9.99. The van der Waals surface area contributed by atoms with Gasteiger partial charge in [0.05, 0.1) is 34.7 Å². The van der Waals surface area contributed by atoms with E-state index in [4.69, 9.17) is 0 Å². The third-order valence-electron chi connectivity index (χ3n) is 5.38. The van der Waals surface area contributed by atoms with Gasteiger partial charge in [0.1, 0.15) is 5.82 Å². The first-order chi connectivity index (χ1) is 14.1. The maximum Gasteiger partial charge on any atom is 0.254 e. The third kappa shape index (κ3) is 3.04. The van der Waals surface area contributed by atoms with Crippen molar-refractivity contribution >= 4 is 16.8 Å². The van der Waals surface area contributed by atoms with Gasteiger partial charge in [-0.05, 0) is 55.7 Å². The van der Waals surface area contributed by atoms with Crippen LogP contribution in [0.1, 0.15) is 34.5 Å². The molecular formula is C22H18FN5O. The molecule has 5 rings (SSSR count). The van der Waals surface area contributed by atoms with Crippen LogP contribution in [0.15, 0.2) is 61.2 Å². The molecule has 1 fully saturated rings. The summed E-state index contributed by atoms with van der Waals surface area (Å²) in [6.45, 7) is 1.94. The van der Waals surface area contributed by atoms with Crippen molar-refractivity contribution in [3.05, 3.63) is 83.8 Å². The minimum Gasteiger partial charge on any atom is -0.342 e. The number of nitrogens with zero attached hydrogens (tertiary/aromatic N) is 4. The fraction of sp³-hybridized carbons (Fsp3) is 0.182. The van der Waals surface area contributed by atoms with Crippen molar-refractivity contribution in [2.45, 2.75) is 25.3 Å². The monoisotopic (exact) mass is 387 g/mol. The second-order valence-corrected chi connectivity index (χ2v) is 7.38. The Hall–Kier alpha value is -3.61. The van der Waals surface area contributed by atoms with Gasteiger partial charge in [0.15, 0.2) is 0 Å². The SMILES string of the molecule is Cc1ccc(C2(NC(=O)c3cncc4c3cnn4-c3ccc(F)cc3)CC2)cn1. The molecule has 144 valence electrons. The molecule has 1 aromatic carbocycles. The number of aryl methyl sites for hydroxylation is 1. The van der Waals surface area contributed by atoms with Crippen molar-refractivity contribution in [2.24, 2.45) is 0 Å². The number of carbonyl (C=O) groups excluding carboxylic acids is 1. The Morgan fingerprint density at radius 3 is 2.55 bits per heavy atom. The Kier molecular flexibility index (Phi) is 3.91. The zero-order valence-electron chi connectivity index (χ0n) is 15.8. The van der Waals surface area contributed by atoms with Crippen LogP contribution in [0, 0.1) is 12.7 Å². The number of aromatic nitrogens is 4. The number of hydrogen-bond acceptors (Lipinski definition) is 4. The van der Waals surface area contributed by atoms with Crippen LogP contribution < -0.4 is 5.32 Å². The minimum absolute atomic E-state index is 0.195. The molecule has 3 heterocycles. The zero-order valence-corrected chi connectivity index (χ0v) is 15.8. The molecule has 0 unspecified atom stereocenters. The lowest BCUT2D eigenvalue weighted by Gasteiger charge is -2.18. The molecule has 1 amide bonds. The van der Waals surface area contributed by atoms with E-state index in [9.17, 15) is 9.18 Å². The molecule has 6 nitrogen and oxygen atoms in total. The first-order valence-electron chi connectivity index (χ1n) is 9.39. The van der Waals surface area contributed by atoms with E-state index in [0.29, 0.717) is 22.2 Å². The second-order valence-electron chi connectivity index (χ2n) is 7.38. The summed E-state index contributed by atoms with van der Waals surface area (Å²) >= 11 is 0. The van der Waals surface area contributed by atoms with E-state index >= 15 is 0 Å². The highest BCUT2D eigenvalue weighted by Gasteiger charge is 2.46. The van der Waals surface area contributed by atoms with Gasteiger partial charge in [-0.2, -0.15) is 5.10 Å². The molecule has 1 N–H and O–H groups in total. The lowest BCUT2D eigenvalue weighted by atomic mass is 10.1. The van der Waals surface area contributed by atoms with Gasteiger partial charge in [0.25, 0.3) is 5.91 Å². The first kappa shape index (κ1) is 17.5. The van der Waals surface area contributed by atoms with E-state index in [0.717, 1.165) is 24.1 Å². The molecule has 3 aromatic heterocycles. The van der Waals surface area contributed by atoms with Gasteiger partial charge < -0.3 is 5.32 Å². The standard InChI is InChI=1S/C22H18FN5O/c1-14-2-3-15(10-25-14)22(8-9-22)27-21(29)19-11-24-13-20-18(19)12-26-28(20)17-6-4-16(23)5-7-17/h2-7,10-13H,8-9H2,1H3,(H,27,29). The summed E-state index contributed by atoms with van der Waals surface area (Å²) in [5.41, 5.74) is 3.43. The van der Waals surface area contributed by atoms with Crippen molar-refractivity contribution < 1.29 is 9.18 Å². The summed E-state index contributed by atoms with van der Waals surface area (Å²) in [6.07, 6.45) is 8.43. The molecule has 1 aliphatic rings. The number of halogens is 1. The third-order valence-corrected chi connectivity index (χ3v) is 5.38. The molecule has 29 heavy (non-hydrogen) atoms. The molecule has 0 bridgehead atoms. The van der Waals surface area contributed by atoms with Crippen LogP contribution in [0.25, 0.3) is 16.6 Å². The van der Waals surface area contributed by atoms with Gasteiger partial charge in [0, 0.05) is 23.5 Å². The van der Waals surface area contributed by atoms with Gasteiger partial charge in [-0.25, -0.2) is 9.07 Å². The van der Waals surface area contributed by atoms with Crippen molar-refractivity contribution in [1.29, 1.82) is 0 Å². The molecular weight excluding hydrogens is 369 g/mol. The van der Waals surface area contributed by atoms with Crippen molar-refractivity contribution in [3.63, 3.8) is 0 Å². The lowest BCUT2D eigenvalue weighted by Crippen LogP contribution is -2.35. The van der Waals surface area contributed by atoms with Crippen LogP contribution >= 0.6 is 0 Å². The molecule has 1 aliphatic carbocycles. The van der Waals surface area contributed by atoms with Gasteiger partial charge >= 0.3 is 0 Å². The second kappa shape index (κ2) is 6.48. The number of amides is 1. The summed E-state index contributed by atoms with van der Waals surface area (Å²) < 4.78 is 14.9. The van der Waals surface area contributed by atoms with E-state index in [2.05, 4.69) is 20.4 Å². The van der Waals surface area contributed by atoms with Crippen molar-refractivity contribution in [1.82, 2.24) is 25.1 Å². The largest absolute Gasteiger partial charge is 0.342 e. The Morgan fingerprint density at radius 2 is 1.86 bits per heavy atom. The number of hydrogen-bond donors (Lipinski definition) is 1. The minimum atomic E-state index is -0.368. The normalized spacial score (nSPS) is 14.7. The Labute approximate surface area is 166 Å². The highest BCUT2D eigenvalue weighted by molar-refractivity contribution is 6.06. The number of benzene rings is 1. The molecule has 7 heteroatoms. The fourth-order valence-corrected chi connectivity index (χ4v) is 3.56. The van der Waals surface area contributed by atoms with Crippen molar-refractivity contribution in [3.8, 4) is 5.69 Å². The van der Waals surface area contributed by atoms with Gasteiger partial charge in [0.2, 0.25) is 0 Å². The van der Waals surface area contributed by atoms with Crippen LogP contribution in [0.3, 0.4) is 0 Å². The highest BCUT2D eigenvalue weighted by atomic mass is 19.1. The molecule has 0 aliphatic heterocycles. The number of carbonyl (C=O) groups is 1. The van der Waals surface area contributed by atoms with E-state index < -0.39 is 0 Å². The van der Waals surface area contributed by atoms with Crippen LogP contribution in [-0.4, -0.2) is 25.7 Å². The highest BCUT2D eigenvalue weighted by Crippen LogP contribution is 2.45. The number of pyridine rings is 2. The summed E-state index contributed by atoms with van der Waals surface area (Å²) in [5.74, 6) is -0.511. The average molecular weight is 387 g/mol. The smallest absolute Gasteiger partial charge is 0.254 e. The number of nitrogens with one attached hydrogen (secondary N) is 1. The maximum atomic E-state index is 13.2. The topological polar surface area (TPSA) is 72.7 Å². The van der Waals surface area contributed by atoms with Crippen LogP contribution in [0.2, 0.25) is 0 Å². The predicted molar refractivity (Wildman–Crippen MR) is 106 cm³/mol. The zero-order chi connectivity index (χ0) is 20.0. The van der Waals surface area contributed by atoms with E-state index in [-0.39, 0.29) is 17.3 Å². The molecule has 0 radical (unpaired) electrons. The van der Waals surface area contributed by atoms with Gasteiger partial charge in [-0.1, -0.05) is 6.07 Å². The summed E-state index contributed by atoms with van der Waals surface area (Å²) in [7, 11) is 0. The maximum absolute atomic E-state index is 13.2. The fourth-order valence-electron chi connectivity index (χ4n) is 3.56. The number of fused-ring (bicyclic) bond motifs is 1. The average Bonchev–Trinajstić information content (AvgIpc) is 3.38. The Morgan fingerprint density at radius 1 is 1.07 bits per heavy atom. The van der Waals surface area contributed by atoms with Crippen LogP contribution in [0.4, 0.5) is 4.39 Å². The number of rotatable bonds is 4. The molecule has 4 aromatic rings. The summed E-state index contributed by atoms with van der Waals surface area (Å²) in [5, 5.41) is 8.24. The molecule has 1 saturated carbocycles. The van der Waals surface area contributed by atoms with Crippen LogP contribution in [-0.2, 0) is 5.54 Å². The summed E-state index contributed by atoms with van der Waals surface area (Å²) in [4.78, 5) is 21.7. The predicted octanol–water partition coefficient (Wildman–Crippen LogP) is 3.68. The molecule has 0 atom stereocenters. The Balaban J connectivity index is 1.48. The molecule has 0 spiro atoms. The Bertz CT molecular complexity index is 1210. The first-order valence-corrected chi connectivity index (χ1v) is 9.39. The van der Waals surface area contributed by atoms with Crippen LogP contribution in [0.5, 0.6) is 0 Å². The van der Waals surface area contributed by atoms with Gasteiger partial charge in [-0.3, -0.25) is 14.8 Å². The van der Waals surface area contributed by atoms with E-state index in [1.165, 1.54) is 12.1 Å².